The highest BCUT2D eigenvalue weighted by atomic mass is 32.2. The van der Waals surface area contributed by atoms with E-state index in [-0.39, 0.29) is 5.56 Å². The van der Waals surface area contributed by atoms with Crippen LogP contribution in [0.1, 0.15) is 17.3 Å². The van der Waals surface area contributed by atoms with Gasteiger partial charge in [-0.3, -0.25) is 10.1 Å². The molecule has 0 aliphatic heterocycles. The Morgan fingerprint density at radius 1 is 1.39 bits per heavy atom. The Hall–Kier alpha value is -2.02. The van der Waals surface area contributed by atoms with Crippen molar-refractivity contribution in [1.82, 2.24) is 5.32 Å². The van der Waals surface area contributed by atoms with Gasteiger partial charge >= 0.3 is 12.0 Å². The Morgan fingerprint density at radius 2 is 2.06 bits per heavy atom. The largest absolute Gasteiger partial charge is 0.478 e. The molecule has 4 N–H and O–H groups in total. The van der Waals surface area contributed by atoms with Crippen LogP contribution in [0.4, 0.5) is 4.79 Å². The summed E-state index contributed by atoms with van der Waals surface area (Å²) in [6.07, 6.45) is 0. The maximum Gasteiger partial charge on any atom is 0.335 e. The van der Waals surface area contributed by atoms with Crippen LogP contribution >= 0.6 is 11.8 Å². The minimum absolute atomic E-state index is 0.141. The number of benzene rings is 1. The molecule has 0 aliphatic carbocycles. The molecule has 1 aromatic rings. The van der Waals surface area contributed by atoms with Crippen LogP contribution in [0.3, 0.4) is 0 Å². The van der Waals surface area contributed by atoms with Gasteiger partial charge in [0.1, 0.15) is 0 Å². The van der Waals surface area contributed by atoms with Crippen LogP contribution in [0, 0.1) is 0 Å². The minimum Gasteiger partial charge on any atom is -0.478 e. The van der Waals surface area contributed by atoms with E-state index in [1.54, 1.807) is 19.1 Å². The smallest absolute Gasteiger partial charge is 0.335 e. The lowest BCUT2D eigenvalue weighted by atomic mass is 10.2. The third-order valence-corrected chi connectivity index (χ3v) is 3.10. The molecule has 0 saturated heterocycles. The van der Waals surface area contributed by atoms with Gasteiger partial charge in [0.2, 0.25) is 5.91 Å². The molecule has 7 heteroatoms. The number of hydrogen-bond donors (Lipinski definition) is 3. The summed E-state index contributed by atoms with van der Waals surface area (Å²) in [5, 5.41) is 10.2. The Balaban J connectivity index is 2.72. The highest BCUT2D eigenvalue weighted by Gasteiger charge is 2.16. The van der Waals surface area contributed by atoms with E-state index in [9.17, 15) is 14.4 Å². The van der Waals surface area contributed by atoms with Gasteiger partial charge < -0.3 is 10.8 Å². The highest BCUT2D eigenvalue weighted by molar-refractivity contribution is 8.00. The van der Waals surface area contributed by atoms with Crippen molar-refractivity contribution in [2.75, 3.05) is 0 Å². The van der Waals surface area contributed by atoms with Gasteiger partial charge in [-0.05, 0) is 25.1 Å². The van der Waals surface area contributed by atoms with Gasteiger partial charge in [0.25, 0.3) is 0 Å². The number of nitrogens with two attached hydrogens (primary N) is 1. The van der Waals surface area contributed by atoms with Gasteiger partial charge in [0.15, 0.2) is 0 Å². The molecule has 0 saturated carbocycles. The van der Waals surface area contributed by atoms with E-state index in [1.165, 1.54) is 12.1 Å². The van der Waals surface area contributed by atoms with Gasteiger partial charge in [-0.1, -0.05) is 6.07 Å². The average Bonchev–Trinajstić information content (AvgIpc) is 2.28. The predicted octanol–water partition coefficient (Wildman–Crippen LogP) is 1.06. The molecule has 1 aromatic carbocycles. The second-order valence-corrected chi connectivity index (χ2v) is 4.86. The van der Waals surface area contributed by atoms with Gasteiger partial charge in [-0.2, -0.15) is 0 Å². The fourth-order valence-electron chi connectivity index (χ4n) is 1.18. The van der Waals surface area contributed by atoms with Gasteiger partial charge in [-0.25, -0.2) is 9.59 Å². The SMILES string of the molecule is CC(Sc1cccc(C(=O)O)c1)C(=O)NC(N)=O. The molecule has 0 bridgehead atoms. The summed E-state index contributed by atoms with van der Waals surface area (Å²) < 4.78 is 0. The number of amides is 3. The Morgan fingerprint density at radius 3 is 2.61 bits per heavy atom. The minimum atomic E-state index is -1.04. The van der Waals surface area contributed by atoms with Crippen LogP contribution < -0.4 is 11.1 Å². The molecule has 96 valence electrons. The first-order valence-corrected chi connectivity index (χ1v) is 5.88. The molecule has 0 aliphatic rings. The summed E-state index contributed by atoms with van der Waals surface area (Å²) in [6, 6.07) is 5.28. The number of imide groups is 1. The summed E-state index contributed by atoms with van der Waals surface area (Å²) >= 11 is 1.14. The second-order valence-electron chi connectivity index (χ2n) is 3.45. The lowest BCUT2D eigenvalue weighted by molar-refractivity contribution is -0.119. The van der Waals surface area contributed by atoms with Crippen molar-refractivity contribution in [2.24, 2.45) is 5.73 Å². The van der Waals surface area contributed by atoms with Gasteiger partial charge in [-0.15, -0.1) is 11.8 Å². The fraction of sp³-hybridized carbons (Fsp3) is 0.182. The number of carbonyl (C=O) groups is 3. The number of primary amides is 1. The molecule has 0 heterocycles. The normalized spacial score (nSPS) is 11.6. The van der Waals surface area contributed by atoms with Crippen LogP contribution in [0.5, 0.6) is 0 Å². The van der Waals surface area contributed by atoms with E-state index in [1.807, 2.05) is 5.32 Å². The summed E-state index contributed by atoms with van der Waals surface area (Å²) in [5.74, 6) is -1.56. The first kappa shape index (κ1) is 14.0. The molecule has 1 unspecified atom stereocenters. The number of carboxylic acid groups (broad SMARTS) is 1. The topological polar surface area (TPSA) is 109 Å². The zero-order valence-electron chi connectivity index (χ0n) is 9.54. The van der Waals surface area contributed by atoms with Crippen molar-refractivity contribution in [1.29, 1.82) is 0 Å². The molecular weight excluding hydrogens is 256 g/mol. The molecule has 1 rings (SSSR count). The zero-order chi connectivity index (χ0) is 13.7. The third-order valence-electron chi connectivity index (χ3n) is 2.01. The number of thioether (sulfide) groups is 1. The van der Waals surface area contributed by atoms with Crippen LogP contribution in [0.2, 0.25) is 0 Å². The summed E-state index contributed by atoms with van der Waals surface area (Å²) in [5.41, 5.74) is 4.97. The number of nitrogens with one attached hydrogen (secondary N) is 1. The third kappa shape index (κ3) is 4.10. The molecule has 0 radical (unpaired) electrons. The molecule has 0 fully saturated rings. The number of urea groups is 1. The van der Waals surface area contributed by atoms with Gasteiger partial charge in [0, 0.05) is 4.90 Å². The molecule has 3 amide bonds. The standard InChI is InChI=1S/C11H12N2O4S/c1-6(9(14)13-11(12)17)18-8-4-2-3-7(5-8)10(15)16/h2-6H,1H3,(H,15,16)(H3,12,13,14,17). The summed E-state index contributed by atoms with van der Waals surface area (Å²) in [7, 11) is 0. The number of carboxylic acids is 1. The Bertz CT molecular complexity index is 490. The van der Waals surface area contributed by atoms with Crippen molar-refractivity contribution < 1.29 is 19.5 Å². The van der Waals surface area contributed by atoms with Crippen LogP contribution in [-0.4, -0.2) is 28.3 Å². The summed E-state index contributed by atoms with van der Waals surface area (Å²) in [6.45, 7) is 1.59. The maximum absolute atomic E-state index is 11.4. The molecular formula is C11H12N2O4S. The van der Waals surface area contributed by atoms with Crippen LogP contribution in [0.15, 0.2) is 29.2 Å². The highest BCUT2D eigenvalue weighted by Crippen LogP contribution is 2.24. The molecule has 0 aromatic heterocycles. The molecule has 18 heavy (non-hydrogen) atoms. The van der Waals surface area contributed by atoms with E-state index in [0.717, 1.165) is 11.8 Å². The van der Waals surface area contributed by atoms with Gasteiger partial charge in [0.05, 0.1) is 10.8 Å². The lowest BCUT2D eigenvalue weighted by Gasteiger charge is -2.10. The van der Waals surface area contributed by atoms with E-state index in [4.69, 9.17) is 10.8 Å². The summed E-state index contributed by atoms with van der Waals surface area (Å²) in [4.78, 5) is 33.3. The van der Waals surface area contributed by atoms with Crippen LogP contribution in [0.25, 0.3) is 0 Å². The van der Waals surface area contributed by atoms with E-state index < -0.39 is 23.2 Å². The predicted molar refractivity (Wildman–Crippen MR) is 66.4 cm³/mol. The van der Waals surface area contributed by atoms with Crippen molar-refractivity contribution in [3.63, 3.8) is 0 Å². The quantitative estimate of drug-likeness (QED) is 0.707. The molecule has 1 atom stereocenters. The Kier molecular flexibility index (Phi) is 4.73. The van der Waals surface area contributed by atoms with Crippen molar-refractivity contribution in [3.05, 3.63) is 29.8 Å². The first-order valence-electron chi connectivity index (χ1n) is 5.00. The number of aromatic carboxylic acids is 1. The van der Waals surface area contributed by atoms with E-state index >= 15 is 0 Å². The molecule has 6 nitrogen and oxygen atoms in total. The Labute approximate surface area is 108 Å². The number of carbonyl (C=O) groups excluding carboxylic acids is 2. The van der Waals surface area contributed by atoms with Crippen LogP contribution in [-0.2, 0) is 4.79 Å². The van der Waals surface area contributed by atoms with Crippen molar-refractivity contribution >= 4 is 29.7 Å². The average molecular weight is 268 g/mol. The van der Waals surface area contributed by atoms with Crippen molar-refractivity contribution in [2.45, 2.75) is 17.1 Å². The monoisotopic (exact) mass is 268 g/mol. The maximum atomic E-state index is 11.4. The number of rotatable bonds is 4. The zero-order valence-corrected chi connectivity index (χ0v) is 10.4. The lowest BCUT2D eigenvalue weighted by Crippen LogP contribution is -2.39. The van der Waals surface area contributed by atoms with E-state index in [2.05, 4.69) is 0 Å². The first-order chi connectivity index (χ1) is 8.40. The molecule has 0 spiro atoms. The fourth-order valence-corrected chi connectivity index (χ4v) is 2.11. The van der Waals surface area contributed by atoms with E-state index in [0.29, 0.717) is 4.90 Å². The van der Waals surface area contributed by atoms with Crippen molar-refractivity contribution in [3.8, 4) is 0 Å². The second kappa shape index (κ2) is 6.06. The number of hydrogen-bond acceptors (Lipinski definition) is 4.